The van der Waals surface area contributed by atoms with E-state index in [1.807, 2.05) is 20.8 Å². The van der Waals surface area contributed by atoms with Crippen molar-refractivity contribution in [2.75, 3.05) is 5.32 Å². The summed E-state index contributed by atoms with van der Waals surface area (Å²) in [4.78, 5) is 22.4. The van der Waals surface area contributed by atoms with Crippen LogP contribution in [0.25, 0.3) is 0 Å². The maximum Gasteiger partial charge on any atom is 0.315 e. The Bertz CT molecular complexity index is 503. The number of carboxylic acids is 1. The lowest BCUT2D eigenvalue weighted by molar-refractivity contribution is -0.144. The van der Waals surface area contributed by atoms with E-state index in [0.717, 1.165) is 5.56 Å². The van der Waals surface area contributed by atoms with Crippen LogP contribution >= 0.6 is 0 Å². The lowest BCUT2D eigenvalue weighted by Crippen LogP contribution is -2.27. The zero-order chi connectivity index (χ0) is 14.8. The quantitative estimate of drug-likeness (QED) is 0.578. The monoisotopic (exact) mass is 265 g/mol. The van der Waals surface area contributed by atoms with Gasteiger partial charge in [0, 0.05) is 0 Å². The molecular formula is C14H19NO4. The Hall–Kier alpha value is -2.04. The summed E-state index contributed by atoms with van der Waals surface area (Å²) in [5.74, 6) is -3.12. The number of hydrogen-bond donors (Lipinski definition) is 3. The average molecular weight is 265 g/mol. The molecule has 5 heteroatoms. The Labute approximate surface area is 112 Å². The van der Waals surface area contributed by atoms with Crippen LogP contribution < -0.4 is 5.32 Å². The van der Waals surface area contributed by atoms with E-state index in [2.05, 4.69) is 5.32 Å². The first kappa shape index (κ1) is 15.0. The third kappa shape index (κ3) is 3.71. The van der Waals surface area contributed by atoms with Crippen molar-refractivity contribution in [3.63, 3.8) is 0 Å². The Morgan fingerprint density at radius 1 is 1.26 bits per heavy atom. The molecule has 0 aliphatic heterocycles. The van der Waals surface area contributed by atoms with Gasteiger partial charge in [-0.25, -0.2) is 0 Å². The van der Waals surface area contributed by atoms with Gasteiger partial charge < -0.3 is 15.5 Å². The first-order chi connectivity index (χ1) is 8.62. The minimum atomic E-state index is -1.20. The molecule has 0 aliphatic rings. The highest BCUT2D eigenvalue weighted by atomic mass is 16.4. The Morgan fingerprint density at radius 3 is 2.32 bits per heavy atom. The molecule has 1 atom stereocenters. The van der Waals surface area contributed by atoms with Crippen molar-refractivity contribution in [3.05, 3.63) is 23.8 Å². The molecule has 3 N–H and O–H groups in total. The molecule has 0 fully saturated rings. The van der Waals surface area contributed by atoms with Crippen LogP contribution in [0.5, 0.6) is 5.75 Å². The van der Waals surface area contributed by atoms with Gasteiger partial charge in [0.05, 0.1) is 5.69 Å². The minimum absolute atomic E-state index is 0.0843. The maximum atomic E-state index is 11.7. The number of phenolic OH excluding ortho intramolecular Hbond substituents is 1. The van der Waals surface area contributed by atoms with Gasteiger partial charge in [0.25, 0.3) is 0 Å². The Kier molecular flexibility index (Phi) is 4.19. The highest BCUT2D eigenvalue weighted by Gasteiger charge is 2.22. The summed E-state index contributed by atoms with van der Waals surface area (Å²) >= 11 is 0. The van der Waals surface area contributed by atoms with Gasteiger partial charge in [0.15, 0.2) is 0 Å². The number of aliphatic carboxylic acids is 1. The summed E-state index contributed by atoms with van der Waals surface area (Å²) in [6.45, 7) is 7.31. The average Bonchev–Trinajstić information content (AvgIpc) is 2.29. The van der Waals surface area contributed by atoms with Gasteiger partial charge in [-0.05, 0) is 30.0 Å². The van der Waals surface area contributed by atoms with Crippen LogP contribution in [0.4, 0.5) is 5.69 Å². The molecule has 1 rings (SSSR count). The summed E-state index contributed by atoms with van der Waals surface area (Å²) in [5, 5.41) is 20.9. The highest BCUT2D eigenvalue weighted by molar-refractivity contribution is 6.04. The molecule has 1 amide bonds. The summed E-state index contributed by atoms with van der Waals surface area (Å²) in [6, 6.07) is 4.91. The van der Waals surface area contributed by atoms with Crippen LogP contribution in [-0.4, -0.2) is 22.1 Å². The van der Waals surface area contributed by atoms with E-state index >= 15 is 0 Å². The molecule has 0 bridgehead atoms. The third-order valence-electron chi connectivity index (χ3n) is 2.88. The number of phenols is 1. The normalized spacial score (nSPS) is 12.8. The Balaban J connectivity index is 3.01. The smallest absolute Gasteiger partial charge is 0.315 e. The van der Waals surface area contributed by atoms with Crippen molar-refractivity contribution in [2.45, 2.75) is 33.1 Å². The van der Waals surface area contributed by atoms with Gasteiger partial charge in [-0.15, -0.1) is 0 Å². The summed E-state index contributed by atoms with van der Waals surface area (Å²) < 4.78 is 0. The zero-order valence-electron chi connectivity index (χ0n) is 11.5. The predicted octanol–water partition coefficient (Wildman–Crippen LogP) is 2.35. The van der Waals surface area contributed by atoms with Gasteiger partial charge in [0.1, 0.15) is 11.7 Å². The van der Waals surface area contributed by atoms with E-state index in [1.165, 1.54) is 13.0 Å². The van der Waals surface area contributed by atoms with Gasteiger partial charge in [-0.1, -0.05) is 26.8 Å². The fraction of sp³-hybridized carbons (Fsp3) is 0.429. The second-order valence-corrected chi connectivity index (χ2v) is 5.53. The largest absolute Gasteiger partial charge is 0.506 e. The van der Waals surface area contributed by atoms with Crippen molar-refractivity contribution in [1.29, 1.82) is 0 Å². The predicted molar refractivity (Wildman–Crippen MR) is 72.2 cm³/mol. The van der Waals surface area contributed by atoms with Crippen LogP contribution in [0.1, 0.15) is 33.3 Å². The first-order valence-electron chi connectivity index (χ1n) is 6.00. The van der Waals surface area contributed by atoms with Crippen molar-refractivity contribution >= 4 is 17.6 Å². The maximum absolute atomic E-state index is 11.7. The molecule has 0 saturated heterocycles. The van der Waals surface area contributed by atoms with Gasteiger partial charge in [-0.3, -0.25) is 9.59 Å². The molecule has 0 heterocycles. The van der Waals surface area contributed by atoms with E-state index in [9.17, 15) is 14.7 Å². The Morgan fingerprint density at radius 2 is 1.84 bits per heavy atom. The summed E-state index contributed by atoms with van der Waals surface area (Å²) in [7, 11) is 0. The first-order valence-corrected chi connectivity index (χ1v) is 6.00. The summed E-state index contributed by atoms with van der Waals surface area (Å²) in [5.41, 5.74) is 1.03. The number of carboxylic acid groups (broad SMARTS) is 1. The fourth-order valence-corrected chi connectivity index (χ4v) is 1.46. The molecular weight excluding hydrogens is 246 g/mol. The molecule has 104 valence electrons. The summed E-state index contributed by atoms with van der Waals surface area (Å²) in [6.07, 6.45) is 0. The molecule has 0 spiro atoms. The minimum Gasteiger partial charge on any atom is -0.506 e. The van der Waals surface area contributed by atoms with Gasteiger partial charge in [-0.2, -0.15) is 0 Å². The number of carbonyl (C=O) groups excluding carboxylic acids is 1. The van der Waals surface area contributed by atoms with Crippen LogP contribution in [0, 0.1) is 5.92 Å². The number of rotatable bonds is 3. The topological polar surface area (TPSA) is 86.6 Å². The second-order valence-electron chi connectivity index (χ2n) is 5.53. The molecule has 0 saturated carbocycles. The van der Waals surface area contributed by atoms with E-state index < -0.39 is 17.8 Å². The molecule has 1 unspecified atom stereocenters. The molecule has 1 aromatic carbocycles. The molecule has 0 aliphatic carbocycles. The van der Waals surface area contributed by atoms with Crippen LogP contribution in [-0.2, 0) is 15.0 Å². The number of hydrogen-bond acceptors (Lipinski definition) is 3. The SMILES string of the molecule is CC(C(=O)O)C(=O)Nc1cc(C(C)(C)C)ccc1O. The number of anilines is 1. The van der Waals surface area contributed by atoms with Crippen molar-refractivity contribution < 1.29 is 19.8 Å². The zero-order valence-corrected chi connectivity index (χ0v) is 11.5. The number of nitrogens with one attached hydrogen (secondary N) is 1. The molecule has 5 nitrogen and oxygen atoms in total. The number of amides is 1. The second kappa shape index (κ2) is 5.30. The lowest BCUT2D eigenvalue weighted by Gasteiger charge is -2.20. The van der Waals surface area contributed by atoms with Crippen molar-refractivity contribution in [2.24, 2.45) is 5.92 Å². The van der Waals surface area contributed by atoms with Crippen LogP contribution in [0.3, 0.4) is 0 Å². The van der Waals surface area contributed by atoms with Gasteiger partial charge in [0.2, 0.25) is 5.91 Å². The molecule has 0 aromatic heterocycles. The van der Waals surface area contributed by atoms with Crippen LogP contribution in [0.15, 0.2) is 18.2 Å². The molecule has 19 heavy (non-hydrogen) atoms. The van der Waals surface area contributed by atoms with E-state index in [0.29, 0.717) is 0 Å². The van der Waals surface area contributed by atoms with E-state index in [-0.39, 0.29) is 16.9 Å². The lowest BCUT2D eigenvalue weighted by atomic mass is 9.87. The van der Waals surface area contributed by atoms with Crippen molar-refractivity contribution in [1.82, 2.24) is 0 Å². The fourth-order valence-electron chi connectivity index (χ4n) is 1.46. The van der Waals surface area contributed by atoms with E-state index in [1.54, 1.807) is 12.1 Å². The number of benzene rings is 1. The highest BCUT2D eigenvalue weighted by Crippen LogP contribution is 2.30. The molecule has 0 radical (unpaired) electrons. The number of carbonyl (C=O) groups is 2. The van der Waals surface area contributed by atoms with Crippen molar-refractivity contribution in [3.8, 4) is 5.75 Å². The van der Waals surface area contributed by atoms with Gasteiger partial charge >= 0.3 is 5.97 Å². The number of aromatic hydroxyl groups is 1. The molecule has 1 aromatic rings. The standard InChI is InChI=1S/C14H19NO4/c1-8(13(18)19)12(17)15-10-7-9(14(2,3)4)5-6-11(10)16/h5-8,16H,1-4H3,(H,15,17)(H,18,19). The van der Waals surface area contributed by atoms with Crippen LogP contribution in [0.2, 0.25) is 0 Å². The van der Waals surface area contributed by atoms with E-state index in [4.69, 9.17) is 5.11 Å². The third-order valence-corrected chi connectivity index (χ3v) is 2.88.